The standard InChI is InChI=1S/C23H22N6O4/c1-32-17-4-2-16(3-5-17)23-25-22(33-26-23)15-27-10-12-28(13-11-27)20-6-7-21(29(30)31)19-14-24-9-8-18(19)20/h2-9,14H,10-13,15H2,1H3. The molecule has 1 aliphatic heterocycles. The number of anilines is 1. The van der Waals surface area contributed by atoms with E-state index in [1.807, 2.05) is 36.4 Å². The molecule has 33 heavy (non-hydrogen) atoms. The smallest absolute Gasteiger partial charge is 0.278 e. The number of nitro groups is 1. The van der Waals surface area contributed by atoms with E-state index in [9.17, 15) is 10.1 Å². The molecule has 0 radical (unpaired) electrons. The summed E-state index contributed by atoms with van der Waals surface area (Å²) in [6.45, 7) is 3.76. The Balaban J connectivity index is 1.25. The Bertz CT molecular complexity index is 1280. The number of hydrogen-bond acceptors (Lipinski definition) is 9. The predicted molar refractivity (Wildman–Crippen MR) is 122 cm³/mol. The molecule has 0 N–H and O–H groups in total. The molecule has 0 unspecified atom stereocenters. The first-order valence-electron chi connectivity index (χ1n) is 10.6. The van der Waals surface area contributed by atoms with Crippen LogP contribution in [0.3, 0.4) is 0 Å². The lowest BCUT2D eigenvalue weighted by Crippen LogP contribution is -2.46. The minimum atomic E-state index is -0.365. The highest BCUT2D eigenvalue weighted by atomic mass is 16.6. The highest BCUT2D eigenvalue weighted by Gasteiger charge is 2.23. The number of nitrogens with zero attached hydrogens (tertiary/aromatic N) is 6. The first-order valence-corrected chi connectivity index (χ1v) is 10.6. The van der Waals surface area contributed by atoms with Crippen molar-refractivity contribution in [1.82, 2.24) is 20.0 Å². The fourth-order valence-corrected chi connectivity index (χ4v) is 4.11. The van der Waals surface area contributed by atoms with Crippen molar-refractivity contribution in [3.8, 4) is 17.1 Å². The summed E-state index contributed by atoms with van der Waals surface area (Å²) in [5, 5.41) is 16.9. The second-order valence-electron chi connectivity index (χ2n) is 7.79. The average Bonchev–Trinajstić information content (AvgIpc) is 3.32. The number of hydrogen-bond donors (Lipinski definition) is 0. The van der Waals surface area contributed by atoms with Crippen LogP contribution in [-0.2, 0) is 6.54 Å². The van der Waals surface area contributed by atoms with Gasteiger partial charge >= 0.3 is 0 Å². The fraction of sp³-hybridized carbons (Fsp3) is 0.261. The summed E-state index contributed by atoms with van der Waals surface area (Å²) in [7, 11) is 1.63. The molecule has 0 spiro atoms. The Kier molecular flexibility index (Phi) is 5.57. The van der Waals surface area contributed by atoms with Crippen LogP contribution in [0.25, 0.3) is 22.2 Å². The van der Waals surface area contributed by atoms with E-state index in [0.29, 0.717) is 23.6 Å². The topological polar surface area (TPSA) is 111 Å². The predicted octanol–water partition coefficient (Wildman–Crippen LogP) is 3.52. The van der Waals surface area contributed by atoms with Crippen molar-refractivity contribution >= 4 is 22.1 Å². The molecule has 2 aromatic heterocycles. The van der Waals surface area contributed by atoms with E-state index in [-0.39, 0.29) is 10.6 Å². The lowest BCUT2D eigenvalue weighted by molar-refractivity contribution is -0.383. The quantitative estimate of drug-likeness (QED) is 0.324. The number of benzene rings is 2. The van der Waals surface area contributed by atoms with Gasteiger partial charge in [0.15, 0.2) is 0 Å². The van der Waals surface area contributed by atoms with Gasteiger partial charge in [-0.1, -0.05) is 5.16 Å². The summed E-state index contributed by atoms with van der Waals surface area (Å²) >= 11 is 0. The van der Waals surface area contributed by atoms with Gasteiger partial charge in [0.1, 0.15) is 5.75 Å². The van der Waals surface area contributed by atoms with E-state index in [1.54, 1.807) is 25.6 Å². The number of piperazine rings is 1. The van der Waals surface area contributed by atoms with Gasteiger partial charge in [-0.3, -0.25) is 20.0 Å². The van der Waals surface area contributed by atoms with Crippen LogP contribution >= 0.6 is 0 Å². The second-order valence-corrected chi connectivity index (χ2v) is 7.79. The van der Waals surface area contributed by atoms with Gasteiger partial charge in [-0.15, -0.1) is 0 Å². The number of non-ortho nitro benzene ring substituents is 1. The molecule has 0 aliphatic carbocycles. The van der Waals surface area contributed by atoms with Crippen LogP contribution in [0.1, 0.15) is 5.89 Å². The van der Waals surface area contributed by atoms with Crippen molar-refractivity contribution in [3.63, 3.8) is 0 Å². The Morgan fingerprint density at radius 3 is 2.58 bits per heavy atom. The highest BCUT2D eigenvalue weighted by molar-refractivity contribution is 5.99. The molecule has 3 heterocycles. The first-order chi connectivity index (χ1) is 16.1. The maximum atomic E-state index is 11.4. The van der Waals surface area contributed by atoms with Gasteiger partial charge in [-0.2, -0.15) is 4.98 Å². The Morgan fingerprint density at radius 2 is 1.85 bits per heavy atom. The minimum Gasteiger partial charge on any atom is -0.497 e. The molecule has 1 saturated heterocycles. The maximum absolute atomic E-state index is 11.4. The van der Waals surface area contributed by atoms with E-state index in [2.05, 4.69) is 24.9 Å². The summed E-state index contributed by atoms with van der Waals surface area (Å²) in [5.74, 6) is 1.90. The maximum Gasteiger partial charge on any atom is 0.278 e. The molecule has 1 aliphatic rings. The summed E-state index contributed by atoms with van der Waals surface area (Å²) in [6.07, 6.45) is 3.23. The highest BCUT2D eigenvalue weighted by Crippen LogP contribution is 2.33. The fourth-order valence-electron chi connectivity index (χ4n) is 4.11. The largest absolute Gasteiger partial charge is 0.497 e. The van der Waals surface area contributed by atoms with Gasteiger partial charge in [-0.25, -0.2) is 0 Å². The molecule has 0 atom stereocenters. The van der Waals surface area contributed by atoms with E-state index in [1.165, 1.54) is 0 Å². The zero-order valence-electron chi connectivity index (χ0n) is 18.0. The third-order valence-corrected chi connectivity index (χ3v) is 5.86. The molecule has 10 nitrogen and oxygen atoms in total. The van der Waals surface area contributed by atoms with Gasteiger partial charge in [0, 0.05) is 61.3 Å². The van der Waals surface area contributed by atoms with Gasteiger partial charge in [0.2, 0.25) is 11.7 Å². The van der Waals surface area contributed by atoms with Crippen LogP contribution in [0, 0.1) is 10.1 Å². The van der Waals surface area contributed by atoms with Crippen LogP contribution in [0.2, 0.25) is 0 Å². The van der Waals surface area contributed by atoms with Crippen molar-refractivity contribution in [1.29, 1.82) is 0 Å². The number of nitro benzene ring substituents is 1. The molecular formula is C23H22N6O4. The number of methoxy groups -OCH3 is 1. The van der Waals surface area contributed by atoms with Crippen molar-refractivity contribution in [3.05, 3.63) is 70.9 Å². The van der Waals surface area contributed by atoms with Crippen LogP contribution in [0.15, 0.2) is 59.4 Å². The third kappa shape index (κ3) is 4.20. The van der Waals surface area contributed by atoms with Crippen LogP contribution in [0.4, 0.5) is 11.4 Å². The van der Waals surface area contributed by atoms with Crippen LogP contribution in [0.5, 0.6) is 5.75 Å². The van der Waals surface area contributed by atoms with Crippen LogP contribution < -0.4 is 9.64 Å². The van der Waals surface area contributed by atoms with Gasteiger partial charge < -0.3 is 14.2 Å². The number of fused-ring (bicyclic) bond motifs is 1. The molecule has 10 heteroatoms. The average molecular weight is 446 g/mol. The van der Waals surface area contributed by atoms with Crippen molar-refractivity contribution in [2.75, 3.05) is 38.2 Å². The number of rotatable bonds is 6. The zero-order valence-corrected chi connectivity index (χ0v) is 18.0. The molecule has 2 aromatic carbocycles. The Labute approximate surface area is 189 Å². The lowest BCUT2D eigenvalue weighted by Gasteiger charge is -2.35. The third-order valence-electron chi connectivity index (χ3n) is 5.86. The molecule has 168 valence electrons. The molecule has 4 aromatic rings. The van der Waals surface area contributed by atoms with E-state index >= 15 is 0 Å². The Hall–Kier alpha value is -4.05. The van der Waals surface area contributed by atoms with Crippen molar-refractivity contribution in [2.45, 2.75) is 6.54 Å². The summed E-state index contributed by atoms with van der Waals surface area (Å²) in [4.78, 5) is 24.1. The van der Waals surface area contributed by atoms with E-state index in [0.717, 1.165) is 48.6 Å². The van der Waals surface area contributed by atoms with Gasteiger partial charge in [-0.05, 0) is 36.4 Å². The van der Waals surface area contributed by atoms with Gasteiger partial charge in [0.05, 0.1) is 24.0 Å². The first kappa shape index (κ1) is 20.8. The van der Waals surface area contributed by atoms with Crippen molar-refractivity contribution < 1.29 is 14.2 Å². The summed E-state index contributed by atoms with van der Waals surface area (Å²) in [6, 6.07) is 12.8. The molecular weight excluding hydrogens is 424 g/mol. The number of pyridine rings is 1. The van der Waals surface area contributed by atoms with Crippen LogP contribution in [-0.4, -0.2) is 58.2 Å². The Morgan fingerprint density at radius 1 is 1.06 bits per heavy atom. The van der Waals surface area contributed by atoms with E-state index < -0.39 is 0 Å². The lowest BCUT2D eigenvalue weighted by atomic mass is 10.1. The normalized spacial score (nSPS) is 14.5. The zero-order chi connectivity index (χ0) is 22.8. The van der Waals surface area contributed by atoms with Gasteiger partial charge in [0.25, 0.3) is 5.69 Å². The monoisotopic (exact) mass is 446 g/mol. The molecule has 0 amide bonds. The summed E-state index contributed by atoms with van der Waals surface area (Å²) < 4.78 is 10.6. The van der Waals surface area contributed by atoms with Crippen molar-refractivity contribution in [2.24, 2.45) is 0 Å². The SMILES string of the molecule is COc1ccc(-c2noc(CN3CCN(c4ccc([N+](=O)[O-])c5cnccc45)CC3)n2)cc1. The minimum absolute atomic E-state index is 0.0737. The van der Waals surface area contributed by atoms with E-state index in [4.69, 9.17) is 9.26 Å². The molecule has 5 rings (SSSR count). The number of aromatic nitrogens is 3. The molecule has 1 fully saturated rings. The molecule has 0 bridgehead atoms. The second kappa shape index (κ2) is 8.83. The number of ether oxygens (including phenoxy) is 1. The summed E-state index contributed by atoms with van der Waals surface area (Å²) in [5.41, 5.74) is 1.93. The molecule has 0 saturated carbocycles.